The van der Waals surface area contributed by atoms with Gasteiger partial charge in [0, 0.05) is 25.1 Å². The van der Waals surface area contributed by atoms with E-state index in [1.54, 1.807) is 0 Å². The van der Waals surface area contributed by atoms with E-state index < -0.39 is 0 Å². The van der Waals surface area contributed by atoms with Crippen LogP contribution in [0.4, 0.5) is 11.6 Å². The van der Waals surface area contributed by atoms with Crippen molar-refractivity contribution in [2.75, 3.05) is 30.9 Å². The van der Waals surface area contributed by atoms with Crippen LogP contribution in [0, 0.1) is 12.8 Å². The van der Waals surface area contributed by atoms with Crippen LogP contribution in [0.5, 0.6) is 0 Å². The predicted octanol–water partition coefficient (Wildman–Crippen LogP) is 3.42. The Morgan fingerprint density at radius 3 is 2.19 bits per heavy atom. The quantitative estimate of drug-likeness (QED) is 0.769. The summed E-state index contributed by atoms with van der Waals surface area (Å²) in [6, 6.07) is 0.239. The van der Waals surface area contributed by atoms with Gasteiger partial charge in [0.1, 0.15) is 17.5 Å². The third kappa shape index (κ3) is 4.84. The Bertz CT molecular complexity index is 446. The molecule has 0 aliphatic rings. The minimum atomic E-state index is 0.239. The number of nitrogens with zero attached hydrogens (tertiary/aromatic N) is 2. The molecular formula is C16H30N4O. The smallest absolute Gasteiger partial charge is 0.135 e. The zero-order chi connectivity index (χ0) is 16.0. The van der Waals surface area contributed by atoms with Crippen molar-refractivity contribution >= 4 is 11.6 Å². The van der Waals surface area contributed by atoms with Gasteiger partial charge in [-0.05, 0) is 19.8 Å². The fraction of sp³-hybridized carbons (Fsp3) is 0.750. The molecule has 1 heterocycles. The number of nitrogens with one attached hydrogen (secondary N) is 2. The molecule has 0 amide bonds. The van der Waals surface area contributed by atoms with Crippen molar-refractivity contribution in [2.45, 2.75) is 53.5 Å². The summed E-state index contributed by atoms with van der Waals surface area (Å²) >= 11 is 0. The van der Waals surface area contributed by atoms with Gasteiger partial charge in [-0.15, -0.1) is 0 Å². The Balaban J connectivity index is 3.06. The van der Waals surface area contributed by atoms with Gasteiger partial charge in [-0.25, -0.2) is 9.97 Å². The van der Waals surface area contributed by atoms with E-state index in [-0.39, 0.29) is 6.04 Å². The van der Waals surface area contributed by atoms with Crippen molar-refractivity contribution in [1.29, 1.82) is 0 Å². The van der Waals surface area contributed by atoms with Crippen molar-refractivity contribution in [2.24, 2.45) is 5.92 Å². The first kappa shape index (κ1) is 17.7. The molecule has 1 atom stereocenters. The van der Waals surface area contributed by atoms with Gasteiger partial charge < -0.3 is 15.4 Å². The maximum atomic E-state index is 5.58. The molecule has 1 rings (SSSR count). The van der Waals surface area contributed by atoms with Crippen LogP contribution in [0.15, 0.2) is 0 Å². The first-order valence-corrected chi connectivity index (χ1v) is 7.81. The molecule has 1 unspecified atom stereocenters. The van der Waals surface area contributed by atoms with Gasteiger partial charge in [0.05, 0.1) is 12.6 Å². The molecule has 0 bridgehead atoms. The topological polar surface area (TPSA) is 59.1 Å². The second-order valence-corrected chi connectivity index (χ2v) is 5.96. The third-order valence-corrected chi connectivity index (χ3v) is 3.54. The van der Waals surface area contributed by atoms with Crippen LogP contribution in [0.3, 0.4) is 0 Å². The van der Waals surface area contributed by atoms with Crippen molar-refractivity contribution in [1.82, 2.24) is 9.97 Å². The minimum Gasteiger partial charge on any atom is -0.380 e. The molecule has 0 saturated heterocycles. The van der Waals surface area contributed by atoms with E-state index in [0.717, 1.165) is 29.6 Å². The largest absolute Gasteiger partial charge is 0.380 e. The minimum absolute atomic E-state index is 0.239. The highest BCUT2D eigenvalue weighted by Gasteiger charge is 2.18. The van der Waals surface area contributed by atoms with Gasteiger partial charge in [0.2, 0.25) is 0 Å². The van der Waals surface area contributed by atoms with Crippen LogP contribution >= 0.6 is 0 Å². The lowest BCUT2D eigenvalue weighted by molar-refractivity contribution is 0.126. The highest BCUT2D eigenvalue weighted by molar-refractivity contribution is 5.57. The molecule has 1 aromatic rings. The lowest BCUT2D eigenvalue weighted by Gasteiger charge is -2.24. The maximum absolute atomic E-state index is 5.58. The number of ether oxygens (including phenoxy) is 1. The fourth-order valence-corrected chi connectivity index (χ4v) is 2.00. The zero-order valence-electron chi connectivity index (χ0n) is 14.4. The van der Waals surface area contributed by atoms with Gasteiger partial charge >= 0.3 is 0 Å². The number of hydrogen-bond donors (Lipinski definition) is 2. The summed E-state index contributed by atoms with van der Waals surface area (Å²) in [6.45, 7) is 14.1. The average Bonchev–Trinajstić information content (AvgIpc) is 2.44. The van der Waals surface area contributed by atoms with Crippen molar-refractivity contribution < 1.29 is 4.74 Å². The van der Waals surface area contributed by atoms with Gasteiger partial charge in [-0.1, -0.05) is 27.7 Å². The molecule has 0 aliphatic carbocycles. The number of aromatic nitrogens is 2. The molecule has 5 heteroatoms. The molecule has 2 N–H and O–H groups in total. The molecular weight excluding hydrogens is 264 g/mol. The van der Waals surface area contributed by atoms with E-state index in [1.807, 2.05) is 20.9 Å². The summed E-state index contributed by atoms with van der Waals surface area (Å²) in [6.07, 6.45) is 0. The van der Waals surface area contributed by atoms with Crippen LogP contribution in [-0.2, 0) is 4.74 Å². The molecule has 5 nitrogen and oxygen atoms in total. The molecule has 120 valence electrons. The van der Waals surface area contributed by atoms with Gasteiger partial charge in [0.25, 0.3) is 0 Å². The molecule has 0 spiro atoms. The first-order chi connectivity index (χ1) is 9.90. The summed E-state index contributed by atoms with van der Waals surface area (Å²) in [5.74, 6) is 3.40. The van der Waals surface area contributed by atoms with Crippen LogP contribution in [0.25, 0.3) is 0 Å². The second kappa shape index (κ2) is 8.17. The SMILES string of the molecule is CCOCC(Nc1nc(C(C)C)nc(NC)c1C)C(C)C. The summed E-state index contributed by atoms with van der Waals surface area (Å²) in [5, 5.41) is 6.69. The Morgan fingerprint density at radius 2 is 1.71 bits per heavy atom. The molecule has 0 aliphatic heterocycles. The Kier molecular flexibility index (Phi) is 6.89. The third-order valence-electron chi connectivity index (χ3n) is 3.54. The monoisotopic (exact) mass is 294 g/mol. The normalized spacial score (nSPS) is 12.8. The standard InChI is InChI=1S/C16H30N4O/c1-8-21-9-13(10(2)3)18-16-12(6)15(17-7)19-14(20-16)11(4)5/h10-11,13H,8-9H2,1-7H3,(H2,17,18,19,20). The van der Waals surface area contributed by atoms with Crippen molar-refractivity contribution in [3.05, 3.63) is 11.4 Å². The van der Waals surface area contributed by atoms with Crippen LogP contribution in [0.1, 0.15) is 51.9 Å². The average molecular weight is 294 g/mol. The van der Waals surface area contributed by atoms with E-state index in [4.69, 9.17) is 9.72 Å². The maximum Gasteiger partial charge on any atom is 0.135 e. The van der Waals surface area contributed by atoms with Crippen LogP contribution in [-0.4, -0.2) is 36.3 Å². The van der Waals surface area contributed by atoms with Crippen molar-refractivity contribution in [3.8, 4) is 0 Å². The molecule has 0 radical (unpaired) electrons. The van der Waals surface area contributed by atoms with Gasteiger partial charge in [0.15, 0.2) is 0 Å². The predicted molar refractivity (Wildman–Crippen MR) is 89.1 cm³/mol. The van der Waals surface area contributed by atoms with E-state index >= 15 is 0 Å². The lowest BCUT2D eigenvalue weighted by Crippen LogP contribution is -2.32. The van der Waals surface area contributed by atoms with Crippen LogP contribution < -0.4 is 10.6 Å². The summed E-state index contributed by atoms with van der Waals surface area (Å²) in [5.41, 5.74) is 1.05. The fourth-order valence-electron chi connectivity index (χ4n) is 2.00. The summed E-state index contributed by atoms with van der Waals surface area (Å²) in [4.78, 5) is 9.26. The number of hydrogen-bond acceptors (Lipinski definition) is 5. The Hall–Kier alpha value is -1.36. The zero-order valence-corrected chi connectivity index (χ0v) is 14.4. The first-order valence-electron chi connectivity index (χ1n) is 7.81. The Morgan fingerprint density at radius 1 is 1.10 bits per heavy atom. The molecule has 21 heavy (non-hydrogen) atoms. The molecule has 1 aromatic heterocycles. The highest BCUT2D eigenvalue weighted by atomic mass is 16.5. The second-order valence-electron chi connectivity index (χ2n) is 5.96. The van der Waals surface area contributed by atoms with Crippen LogP contribution in [0.2, 0.25) is 0 Å². The molecule has 0 fully saturated rings. The molecule has 0 saturated carbocycles. The van der Waals surface area contributed by atoms with E-state index in [9.17, 15) is 0 Å². The summed E-state index contributed by atoms with van der Waals surface area (Å²) < 4.78 is 5.58. The number of anilines is 2. The van der Waals surface area contributed by atoms with E-state index in [0.29, 0.717) is 18.4 Å². The van der Waals surface area contributed by atoms with Crippen molar-refractivity contribution in [3.63, 3.8) is 0 Å². The number of rotatable bonds is 8. The van der Waals surface area contributed by atoms with Gasteiger partial charge in [-0.2, -0.15) is 0 Å². The summed E-state index contributed by atoms with van der Waals surface area (Å²) in [7, 11) is 1.89. The van der Waals surface area contributed by atoms with Gasteiger partial charge in [-0.3, -0.25) is 0 Å². The van der Waals surface area contributed by atoms with E-state index in [2.05, 4.69) is 43.3 Å². The Labute approximate surface area is 128 Å². The highest BCUT2D eigenvalue weighted by Crippen LogP contribution is 2.24. The molecule has 0 aromatic carbocycles. The van der Waals surface area contributed by atoms with E-state index in [1.165, 1.54) is 0 Å². The lowest BCUT2D eigenvalue weighted by atomic mass is 10.1.